The van der Waals surface area contributed by atoms with E-state index in [1.54, 1.807) is 0 Å². The van der Waals surface area contributed by atoms with Crippen LogP contribution in [0, 0.1) is 0 Å². The van der Waals surface area contributed by atoms with E-state index in [0.29, 0.717) is 0 Å². The number of carbonyl (C=O) groups excluding carboxylic acids is 2. The number of carboxylic acids is 2. The summed E-state index contributed by atoms with van der Waals surface area (Å²) in [6.07, 6.45) is -3.11. The first-order valence-electron chi connectivity index (χ1n) is 13.5. The first-order chi connectivity index (χ1) is 17.4. The fourth-order valence-electron chi connectivity index (χ4n) is 3.20. The maximum atomic E-state index is 13.2. The summed E-state index contributed by atoms with van der Waals surface area (Å²) in [5.41, 5.74) is -7.08. The molecule has 0 aliphatic carbocycles. The Morgan fingerprint density at radius 2 is 0.854 bits per heavy atom. The Labute approximate surface area is 262 Å². The first kappa shape index (κ1) is 56.4. The molecule has 41 heavy (non-hydrogen) atoms. The molecule has 0 saturated carbocycles. The van der Waals surface area contributed by atoms with Gasteiger partial charge in [-0.05, 0) is 26.7 Å². The number of rotatable bonds is 15. The van der Waals surface area contributed by atoms with E-state index in [1.807, 2.05) is 13.8 Å². The summed E-state index contributed by atoms with van der Waals surface area (Å²) in [6, 6.07) is 0. The molecule has 2 atom stereocenters. The third-order valence-electron chi connectivity index (χ3n) is 6.05. The average Bonchev–Trinajstić information content (AvgIpc) is 2.85. The van der Waals surface area contributed by atoms with Crippen molar-refractivity contribution in [3.63, 3.8) is 0 Å². The van der Waals surface area contributed by atoms with Crippen molar-refractivity contribution in [1.29, 1.82) is 0 Å². The molecule has 0 aromatic carbocycles. The summed E-state index contributed by atoms with van der Waals surface area (Å²) in [6.45, 7) is 17.6. The zero-order valence-electron chi connectivity index (χ0n) is 26.1. The summed E-state index contributed by atoms with van der Waals surface area (Å²) < 4.78 is 82.9. The molecule has 0 rings (SSSR count). The molecule has 15 heteroatoms. The SMILES string of the molecule is CCCC(F)(F)C(F)(CC)C(=O)[O-].CCCC(F)(F)C(F)(CC)C(=O)[O-].CCOCC.C[CH2][Al]([CH2]C)[CH2]C.[B].[B].[Ni+2]. The molecule has 0 N–H and O–H groups in total. The van der Waals surface area contributed by atoms with Crippen LogP contribution in [0.3, 0.4) is 0 Å². The normalized spacial score (nSPS) is 13.1. The maximum Gasteiger partial charge on any atom is 2.00 e. The average molecular weight is 663 g/mol. The third-order valence-corrected chi connectivity index (χ3v) is 9.51. The Kier molecular flexibility index (Phi) is 40.9. The largest absolute Gasteiger partial charge is 2.00 e. The van der Waals surface area contributed by atoms with Gasteiger partial charge >= 0.3 is 16.5 Å². The summed E-state index contributed by atoms with van der Waals surface area (Å²) in [5, 5.41) is 24.9. The van der Waals surface area contributed by atoms with Crippen molar-refractivity contribution < 1.29 is 67.4 Å². The van der Waals surface area contributed by atoms with Crippen LogP contribution < -0.4 is 10.2 Å². The van der Waals surface area contributed by atoms with Crippen LogP contribution in [-0.2, 0) is 30.8 Å². The molecule has 2 unspecified atom stereocenters. The second-order valence-corrected chi connectivity index (χ2v) is 12.8. The number of hydrogen-bond acceptors (Lipinski definition) is 5. The number of alkyl halides is 6. The van der Waals surface area contributed by atoms with Crippen LogP contribution in [-0.4, -0.2) is 79.3 Å². The maximum absolute atomic E-state index is 13.2. The van der Waals surface area contributed by atoms with Gasteiger partial charge in [0.25, 0.3) is 26.0 Å². The first-order valence-corrected chi connectivity index (χ1v) is 16.0. The summed E-state index contributed by atoms with van der Waals surface area (Å²) in [5.74, 6) is -12.4. The van der Waals surface area contributed by atoms with Crippen LogP contribution in [0.25, 0.3) is 0 Å². The fourth-order valence-corrected chi connectivity index (χ4v) is 4.93. The molecule has 5 nitrogen and oxygen atoms in total. The van der Waals surface area contributed by atoms with Crippen molar-refractivity contribution in [3.8, 4) is 0 Å². The molecule has 0 heterocycles. The van der Waals surface area contributed by atoms with Crippen molar-refractivity contribution in [3.05, 3.63) is 0 Å². The smallest absolute Gasteiger partial charge is 0.546 e. The minimum Gasteiger partial charge on any atom is -0.546 e. The van der Waals surface area contributed by atoms with Gasteiger partial charge in [-0.3, -0.25) is 0 Å². The quantitative estimate of drug-likeness (QED) is 0.173. The number of aliphatic carboxylic acids is 2. The minimum absolute atomic E-state index is 0. The topological polar surface area (TPSA) is 89.5 Å². The van der Waals surface area contributed by atoms with Gasteiger partial charge in [-0.2, -0.15) is 0 Å². The molecule has 0 spiro atoms. The third kappa shape index (κ3) is 21.1. The Morgan fingerprint density at radius 3 is 0.927 bits per heavy atom. The molecule has 0 amide bonds. The summed E-state index contributed by atoms with van der Waals surface area (Å²) in [7, 11) is 0. The number of carboxylic acid groups (broad SMARTS) is 2. The van der Waals surface area contributed by atoms with E-state index >= 15 is 0 Å². The van der Waals surface area contributed by atoms with Crippen molar-refractivity contribution in [2.75, 3.05) is 13.2 Å². The molecule has 0 aliphatic heterocycles. The van der Waals surface area contributed by atoms with Gasteiger partial charge in [0, 0.05) is 42.9 Å². The molecule has 0 fully saturated rings. The number of ether oxygens (including phenoxy) is 1. The molecular weight excluding hydrogens is 614 g/mol. The monoisotopic (exact) mass is 662 g/mol. The van der Waals surface area contributed by atoms with E-state index in [0.717, 1.165) is 27.1 Å². The number of carbonyl (C=O) groups is 2. The molecule has 0 saturated heterocycles. The van der Waals surface area contributed by atoms with Crippen LogP contribution in [0.5, 0.6) is 0 Å². The van der Waals surface area contributed by atoms with Gasteiger partial charge in [-0.25, -0.2) is 26.3 Å². The fraction of sp³-hybridized carbons (Fsp3) is 0.923. The number of hydrogen-bond donors (Lipinski definition) is 0. The molecule has 6 radical (unpaired) electrons. The Balaban J connectivity index is -0.0000000778. The zero-order chi connectivity index (χ0) is 31.2. The van der Waals surface area contributed by atoms with Crippen molar-refractivity contribution >= 4 is 42.9 Å². The predicted octanol–water partition coefficient (Wildman–Crippen LogP) is 5.40. The van der Waals surface area contributed by atoms with E-state index in [1.165, 1.54) is 29.7 Å². The van der Waals surface area contributed by atoms with E-state index in [2.05, 4.69) is 20.8 Å². The predicted molar refractivity (Wildman–Crippen MR) is 149 cm³/mol. The van der Waals surface area contributed by atoms with Gasteiger partial charge in [-0.15, -0.1) is 0 Å². The summed E-state index contributed by atoms with van der Waals surface area (Å²) in [4.78, 5) is 20.4. The molecular formula is C26H49AlB2F6NiO5. The standard InChI is InChI=1S/2C8H13F3O2.C4H10O.3C2H5.Al.2B.Ni/c2*1-3-5-8(10,11)7(9,4-2)6(12)13;1-3-5-4-2;3*1-2;;;;/h2*3-5H2,1-2H3,(H,12,13);3-4H2,1-2H3;3*1H2,2H3;;;;/q;;;;;;;;;+2/p-2. The molecule has 0 aromatic heterocycles. The zero-order valence-corrected chi connectivity index (χ0v) is 28.3. The van der Waals surface area contributed by atoms with Crippen molar-refractivity contribution in [1.82, 2.24) is 0 Å². The second-order valence-electron chi connectivity index (χ2n) is 8.67. The van der Waals surface area contributed by atoms with E-state index in [-0.39, 0.29) is 60.3 Å². The molecule has 0 aromatic rings. The van der Waals surface area contributed by atoms with Gasteiger partial charge in [0.05, 0.1) is 11.9 Å². The second kappa shape index (κ2) is 29.7. The number of halogens is 6. The minimum atomic E-state index is -3.85. The Hall–Kier alpha value is -0.364. The molecule has 0 aliphatic rings. The van der Waals surface area contributed by atoms with Crippen LogP contribution in [0.2, 0.25) is 15.8 Å². The van der Waals surface area contributed by atoms with Crippen LogP contribution >= 0.6 is 0 Å². The summed E-state index contributed by atoms with van der Waals surface area (Å²) >= 11 is -0.171. The van der Waals surface area contributed by atoms with E-state index < -0.39 is 60.8 Å². The Morgan fingerprint density at radius 1 is 0.610 bits per heavy atom. The van der Waals surface area contributed by atoms with Gasteiger partial charge in [0.2, 0.25) is 11.3 Å². The Bertz CT molecular complexity index is 577. The van der Waals surface area contributed by atoms with Gasteiger partial charge < -0.3 is 24.5 Å². The van der Waals surface area contributed by atoms with Gasteiger partial charge in [0.15, 0.2) is 0 Å². The van der Waals surface area contributed by atoms with Crippen molar-refractivity contribution in [2.24, 2.45) is 0 Å². The van der Waals surface area contributed by atoms with E-state index in [4.69, 9.17) is 4.74 Å². The van der Waals surface area contributed by atoms with Crippen LogP contribution in [0.15, 0.2) is 0 Å². The molecule has 0 bridgehead atoms. The van der Waals surface area contributed by atoms with Crippen LogP contribution in [0.1, 0.15) is 101 Å². The van der Waals surface area contributed by atoms with Gasteiger partial charge in [-0.1, -0.05) is 77.2 Å². The van der Waals surface area contributed by atoms with Gasteiger partial charge in [0.1, 0.15) is 0 Å². The molecule has 244 valence electrons. The van der Waals surface area contributed by atoms with Crippen molar-refractivity contribution in [2.45, 2.75) is 140 Å². The van der Waals surface area contributed by atoms with Crippen LogP contribution in [0.4, 0.5) is 26.3 Å². The van der Waals surface area contributed by atoms with E-state index in [9.17, 15) is 46.1 Å².